The summed E-state index contributed by atoms with van der Waals surface area (Å²) in [5.41, 5.74) is 0.877. The minimum absolute atomic E-state index is 0.157. The molecular weight excluding hydrogens is 326 g/mol. The highest BCUT2D eigenvalue weighted by molar-refractivity contribution is 7.90. The predicted molar refractivity (Wildman–Crippen MR) is 85.9 cm³/mol. The van der Waals surface area contributed by atoms with E-state index in [1.165, 1.54) is 0 Å². The molecule has 2 rings (SSSR count). The molecule has 1 aliphatic heterocycles. The molecule has 2 atom stereocenters. The fraction of sp³-hybridized carbons (Fsp3) is 0.533. The van der Waals surface area contributed by atoms with E-state index in [0.717, 1.165) is 24.7 Å². The molecule has 1 aliphatic rings. The number of amides is 1. The van der Waals surface area contributed by atoms with Gasteiger partial charge in [-0.3, -0.25) is 4.79 Å². The molecule has 0 saturated carbocycles. The number of rotatable bonds is 4. The molecule has 0 aliphatic carbocycles. The lowest BCUT2D eigenvalue weighted by atomic mass is 10.0. The maximum absolute atomic E-state index is 12.2. The van der Waals surface area contributed by atoms with Crippen molar-refractivity contribution in [2.45, 2.75) is 25.8 Å². The summed E-state index contributed by atoms with van der Waals surface area (Å²) in [5.74, 6) is -0.338. The first-order valence-corrected chi connectivity index (χ1v) is 9.60. The Morgan fingerprint density at radius 1 is 1.50 bits per heavy atom. The number of hydrogen-bond acceptors (Lipinski definition) is 4. The molecule has 0 aromatic heterocycles. The van der Waals surface area contributed by atoms with Crippen molar-refractivity contribution in [3.63, 3.8) is 0 Å². The lowest BCUT2D eigenvalue weighted by Gasteiger charge is -2.20. The first-order valence-electron chi connectivity index (χ1n) is 7.16. The Balaban J connectivity index is 2.14. The molecule has 1 aromatic carbocycles. The van der Waals surface area contributed by atoms with Crippen molar-refractivity contribution in [2.75, 3.05) is 18.6 Å². The van der Waals surface area contributed by atoms with Gasteiger partial charge in [0.2, 0.25) is 5.91 Å². The van der Waals surface area contributed by atoms with Gasteiger partial charge in [0.15, 0.2) is 0 Å². The first-order chi connectivity index (χ1) is 10.3. The molecule has 1 heterocycles. The number of hydrogen-bond donors (Lipinski definition) is 1. The number of halogens is 1. The van der Waals surface area contributed by atoms with Gasteiger partial charge in [-0.05, 0) is 25.0 Å². The molecule has 1 aromatic rings. The molecule has 1 amide bonds. The van der Waals surface area contributed by atoms with E-state index in [2.05, 4.69) is 5.32 Å². The van der Waals surface area contributed by atoms with Gasteiger partial charge in [-0.15, -0.1) is 0 Å². The summed E-state index contributed by atoms with van der Waals surface area (Å²) in [5, 5.41) is 3.51. The molecule has 0 spiro atoms. The highest BCUT2D eigenvalue weighted by Crippen LogP contribution is 2.33. The zero-order chi connectivity index (χ0) is 16.3. The van der Waals surface area contributed by atoms with Crippen LogP contribution in [0, 0.1) is 5.92 Å². The first kappa shape index (κ1) is 17.1. The van der Waals surface area contributed by atoms with E-state index in [1.54, 1.807) is 19.1 Å². The third-order valence-electron chi connectivity index (χ3n) is 3.56. The molecule has 7 heteroatoms. The second-order valence-electron chi connectivity index (χ2n) is 5.73. The van der Waals surface area contributed by atoms with E-state index in [4.69, 9.17) is 16.3 Å². The summed E-state index contributed by atoms with van der Waals surface area (Å²) in [6.45, 7) is 2.19. The van der Waals surface area contributed by atoms with Crippen LogP contribution in [0.2, 0.25) is 5.02 Å². The van der Waals surface area contributed by atoms with Crippen LogP contribution in [0.25, 0.3) is 0 Å². The van der Waals surface area contributed by atoms with Crippen LogP contribution in [-0.2, 0) is 14.6 Å². The zero-order valence-corrected chi connectivity index (χ0v) is 14.2. The minimum atomic E-state index is -3.19. The predicted octanol–water partition coefficient (Wildman–Crippen LogP) is 2.35. The van der Waals surface area contributed by atoms with E-state index >= 15 is 0 Å². The molecule has 1 N–H and O–H groups in total. The molecule has 0 radical (unpaired) electrons. The van der Waals surface area contributed by atoms with Gasteiger partial charge < -0.3 is 10.1 Å². The van der Waals surface area contributed by atoms with Gasteiger partial charge >= 0.3 is 0 Å². The third-order valence-corrected chi connectivity index (χ3v) is 4.90. The van der Waals surface area contributed by atoms with Gasteiger partial charge in [0.25, 0.3) is 0 Å². The Bertz CT molecular complexity index is 660. The standard InChI is InChI=1S/C15H20ClNO4S/c1-10(9-22(2,19)20)15(18)17-13-4-3-7-21-14-8-11(16)5-6-12(13)14/h5-6,8,10,13H,3-4,7,9H2,1-2H3,(H,17,18)/t10-,13+/m1/s1. The van der Waals surface area contributed by atoms with Crippen molar-refractivity contribution in [3.8, 4) is 5.75 Å². The molecule has 0 bridgehead atoms. The quantitative estimate of drug-likeness (QED) is 0.909. The molecule has 0 unspecified atom stereocenters. The van der Waals surface area contributed by atoms with Crippen molar-refractivity contribution >= 4 is 27.3 Å². The number of sulfone groups is 1. The normalized spacial score (nSPS) is 19.5. The SMILES string of the molecule is C[C@H](CS(C)(=O)=O)C(=O)N[C@H]1CCCOc2cc(Cl)ccc21. The van der Waals surface area contributed by atoms with Crippen LogP contribution in [0.15, 0.2) is 18.2 Å². The number of carbonyl (C=O) groups is 1. The molecule has 0 fully saturated rings. The highest BCUT2D eigenvalue weighted by atomic mass is 35.5. The van der Waals surface area contributed by atoms with E-state index in [9.17, 15) is 13.2 Å². The van der Waals surface area contributed by atoms with Gasteiger partial charge in [0, 0.05) is 22.8 Å². The van der Waals surface area contributed by atoms with E-state index in [-0.39, 0.29) is 17.7 Å². The largest absolute Gasteiger partial charge is 0.493 e. The maximum atomic E-state index is 12.2. The molecule has 122 valence electrons. The highest BCUT2D eigenvalue weighted by Gasteiger charge is 2.25. The van der Waals surface area contributed by atoms with Gasteiger partial charge in [0.1, 0.15) is 15.6 Å². The molecule has 0 saturated heterocycles. The third kappa shape index (κ3) is 4.61. The Morgan fingerprint density at radius 2 is 2.23 bits per heavy atom. The van der Waals surface area contributed by atoms with Crippen molar-refractivity contribution in [3.05, 3.63) is 28.8 Å². The average Bonchev–Trinajstić information content (AvgIpc) is 2.59. The summed E-state index contributed by atoms with van der Waals surface area (Å²) in [6, 6.07) is 5.15. The van der Waals surface area contributed by atoms with Crippen LogP contribution in [0.4, 0.5) is 0 Å². The Kier molecular flexibility index (Phi) is 5.34. The average molecular weight is 346 g/mol. The van der Waals surface area contributed by atoms with Gasteiger partial charge in [-0.2, -0.15) is 0 Å². The zero-order valence-electron chi connectivity index (χ0n) is 12.6. The lowest BCUT2D eigenvalue weighted by Crippen LogP contribution is -2.35. The second-order valence-corrected chi connectivity index (χ2v) is 8.35. The Hall–Kier alpha value is -1.27. The van der Waals surface area contributed by atoms with Crippen molar-refractivity contribution in [1.82, 2.24) is 5.32 Å². The van der Waals surface area contributed by atoms with E-state index in [1.807, 2.05) is 6.07 Å². The Labute approximate surface area is 135 Å². The monoisotopic (exact) mass is 345 g/mol. The fourth-order valence-corrected chi connectivity index (χ4v) is 3.76. The molecule has 22 heavy (non-hydrogen) atoms. The van der Waals surface area contributed by atoms with Crippen molar-refractivity contribution in [1.29, 1.82) is 0 Å². The van der Waals surface area contributed by atoms with Crippen LogP contribution in [0.5, 0.6) is 5.75 Å². The van der Waals surface area contributed by atoms with Crippen LogP contribution >= 0.6 is 11.6 Å². The van der Waals surface area contributed by atoms with Crippen LogP contribution < -0.4 is 10.1 Å². The van der Waals surface area contributed by atoms with E-state index in [0.29, 0.717) is 17.4 Å². The fourth-order valence-electron chi connectivity index (χ4n) is 2.54. The topological polar surface area (TPSA) is 72.5 Å². The number of fused-ring (bicyclic) bond motifs is 1. The van der Waals surface area contributed by atoms with Crippen LogP contribution in [-0.4, -0.2) is 32.9 Å². The minimum Gasteiger partial charge on any atom is -0.493 e. The number of nitrogens with one attached hydrogen (secondary N) is 1. The number of ether oxygens (including phenoxy) is 1. The Morgan fingerprint density at radius 3 is 2.91 bits per heavy atom. The maximum Gasteiger partial charge on any atom is 0.224 e. The second kappa shape index (κ2) is 6.87. The van der Waals surface area contributed by atoms with E-state index < -0.39 is 15.8 Å². The number of benzene rings is 1. The smallest absolute Gasteiger partial charge is 0.224 e. The summed E-state index contributed by atoms with van der Waals surface area (Å²) in [7, 11) is -3.19. The van der Waals surface area contributed by atoms with Crippen LogP contribution in [0.3, 0.4) is 0 Å². The summed E-state index contributed by atoms with van der Waals surface area (Å²) in [4.78, 5) is 12.2. The summed E-state index contributed by atoms with van der Waals surface area (Å²) in [6.07, 6.45) is 2.68. The molecular formula is C15H20ClNO4S. The lowest BCUT2D eigenvalue weighted by molar-refractivity contribution is -0.124. The van der Waals surface area contributed by atoms with Gasteiger partial charge in [-0.25, -0.2) is 8.42 Å². The summed E-state index contributed by atoms with van der Waals surface area (Å²) < 4.78 is 28.3. The van der Waals surface area contributed by atoms with Crippen molar-refractivity contribution in [2.24, 2.45) is 5.92 Å². The van der Waals surface area contributed by atoms with Crippen molar-refractivity contribution < 1.29 is 17.9 Å². The number of carbonyl (C=O) groups excluding carboxylic acids is 1. The summed E-state index contributed by atoms with van der Waals surface area (Å²) >= 11 is 5.97. The molecule has 5 nitrogen and oxygen atoms in total. The van der Waals surface area contributed by atoms with Crippen LogP contribution in [0.1, 0.15) is 31.4 Å². The van der Waals surface area contributed by atoms with Gasteiger partial charge in [-0.1, -0.05) is 24.6 Å². The van der Waals surface area contributed by atoms with Gasteiger partial charge in [0.05, 0.1) is 18.4 Å².